The molecule has 0 saturated carbocycles. The molecule has 70 valence electrons. The van der Waals surface area contributed by atoms with E-state index in [1.807, 2.05) is 30.5 Å². The summed E-state index contributed by atoms with van der Waals surface area (Å²) in [5, 5.41) is 9.54. The van der Waals surface area contributed by atoms with Gasteiger partial charge < -0.3 is 10.1 Å². The maximum Gasteiger partial charge on any atom is 0.328 e. The zero-order chi connectivity index (χ0) is 9.97. The van der Waals surface area contributed by atoms with Gasteiger partial charge in [0.2, 0.25) is 0 Å². The highest BCUT2D eigenvalue weighted by Gasteiger charge is 1.94. The normalized spacial score (nSPS) is 11.1. The van der Waals surface area contributed by atoms with Crippen molar-refractivity contribution >= 4 is 22.9 Å². The molecule has 0 saturated heterocycles. The SMILES string of the molecule is O=C(O)/C=C\c1ccc2[nH]ccc2c1. The van der Waals surface area contributed by atoms with Gasteiger partial charge in [-0.3, -0.25) is 0 Å². The molecule has 0 aliphatic carbocycles. The van der Waals surface area contributed by atoms with E-state index in [2.05, 4.69) is 4.98 Å². The number of carboxylic acids is 1. The van der Waals surface area contributed by atoms with Gasteiger partial charge in [-0.05, 0) is 35.2 Å². The summed E-state index contributed by atoms with van der Waals surface area (Å²) in [6, 6.07) is 7.69. The highest BCUT2D eigenvalue weighted by atomic mass is 16.4. The fourth-order valence-corrected chi connectivity index (χ4v) is 1.34. The molecule has 0 aliphatic rings. The molecule has 1 aromatic heterocycles. The van der Waals surface area contributed by atoms with Gasteiger partial charge in [0.1, 0.15) is 0 Å². The second-order valence-electron chi connectivity index (χ2n) is 3.00. The van der Waals surface area contributed by atoms with Gasteiger partial charge in [-0.1, -0.05) is 6.07 Å². The van der Waals surface area contributed by atoms with Gasteiger partial charge in [0.05, 0.1) is 0 Å². The number of rotatable bonds is 2. The van der Waals surface area contributed by atoms with Crippen LogP contribution in [-0.4, -0.2) is 16.1 Å². The molecule has 2 rings (SSSR count). The Bertz CT molecular complexity index is 497. The number of carboxylic acid groups (broad SMARTS) is 1. The number of aliphatic carboxylic acids is 1. The standard InChI is InChI=1S/C11H9NO2/c13-11(14)4-2-8-1-3-10-9(7-8)5-6-12-10/h1-7,12H,(H,13,14)/b4-2-. The molecule has 0 radical (unpaired) electrons. The molecule has 0 spiro atoms. The summed E-state index contributed by atoms with van der Waals surface area (Å²) < 4.78 is 0. The fraction of sp³-hybridized carbons (Fsp3) is 0. The van der Waals surface area contributed by atoms with Gasteiger partial charge in [-0.15, -0.1) is 0 Å². The van der Waals surface area contributed by atoms with Crippen LogP contribution in [0.5, 0.6) is 0 Å². The third-order valence-electron chi connectivity index (χ3n) is 2.00. The van der Waals surface area contributed by atoms with E-state index >= 15 is 0 Å². The lowest BCUT2D eigenvalue weighted by Gasteiger charge is -1.93. The Morgan fingerprint density at radius 3 is 3.00 bits per heavy atom. The Labute approximate surface area is 80.7 Å². The minimum Gasteiger partial charge on any atom is -0.478 e. The molecule has 0 fully saturated rings. The fourth-order valence-electron chi connectivity index (χ4n) is 1.34. The largest absolute Gasteiger partial charge is 0.478 e. The van der Waals surface area contributed by atoms with Crippen molar-refractivity contribution in [3.8, 4) is 0 Å². The first kappa shape index (κ1) is 8.56. The molecule has 0 unspecified atom stereocenters. The van der Waals surface area contributed by atoms with Crippen molar-refractivity contribution in [2.24, 2.45) is 0 Å². The second kappa shape index (κ2) is 3.38. The monoisotopic (exact) mass is 187 g/mol. The molecule has 0 amide bonds. The van der Waals surface area contributed by atoms with Gasteiger partial charge in [0.25, 0.3) is 0 Å². The third-order valence-corrected chi connectivity index (χ3v) is 2.00. The van der Waals surface area contributed by atoms with E-state index in [0.717, 1.165) is 22.5 Å². The number of carbonyl (C=O) groups is 1. The first-order valence-corrected chi connectivity index (χ1v) is 4.24. The first-order valence-electron chi connectivity index (χ1n) is 4.24. The number of benzene rings is 1. The molecule has 14 heavy (non-hydrogen) atoms. The number of H-pyrrole nitrogens is 1. The highest BCUT2D eigenvalue weighted by molar-refractivity contribution is 5.87. The number of fused-ring (bicyclic) bond motifs is 1. The molecular formula is C11H9NO2. The quantitative estimate of drug-likeness (QED) is 0.708. The van der Waals surface area contributed by atoms with Crippen LogP contribution < -0.4 is 0 Å². The zero-order valence-electron chi connectivity index (χ0n) is 7.40. The number of hydrogen-bond donors (Lipinski definition) is 2. The zero-order valence-corrected chi connectivity index (χ0v) is 7.40. The van der Waals surface area contributed by atoms with Crippen LogP contribution >= 0.6 is 0 Å². The molecule has 1 aromatic carbocycles. The van der Waals surface area contributed by atoms with Crippen LogP contribution in [0.2, 0.25) is 0 Å². The van der Waals surface area contributed by atoms with Crippen molar-refractivity contribution in [3.05, 3.63) is 42.1 Å². The van der Waals surface area contributed by atoms with Crippen molar-refractivity contribution in [1.82, 2.24) is 4.98 Å². The maximum atomic E-state index is 10.3. The lowest BCUT2D eigenvalue weighted by Crippen LogP contribution is -1.85. The van der Waals surface area contributed by atoms with E-state index in [1.54, 1.807) is 6.08 Å². The third kappa shape index (κ3) is 1.66. The van der Waals surface area contributed by atoms with Gasteiger partial charge in [-0.2, -0.15) is 0 Å². The second-order valence-corrected chi connectivity index (χ2v) is 3.00. The van der Waals surface area contributed by atoms with Crippen LogP contribution in [0.25, 0.3) is 17.0 Å². The molecule has 0 atom stereocenters. The topological polar surface area (TPSA) is 53.1 Å². The van der Waals surface area contributed by atoms with Gasteiger partial charge in [0, 0.05) is 17.8 Å². The minimum atomic E-state index is -0.931. The predicted octanol–water partition coefficient (Wildman–Crippen LogP) is 2.27. The Balaban J connectivity index is 2.39. The molecule has 2 aromatic rings. The Morgan fingerprint density at radius 1 is 1.36 bits per heavy atom. The molecular weight excluding hydrogens is 178 g/mol. The van der Waals surface area contributed by atoms with Crippen molar-refractivity contribution in [1.29, 1.82) is 0 Å². The van der Waals surface area contributed by atoms with Crippen LogP contribution in [-0.2, 0) is 4.79 Å². The van der Waals surface area contributed by atoms with Crippen molar-refractivity contribution in [2.45, 2.75) is 0 Å². The molecule has 0 bridgehead atoms. The first-order chi connectivity index (χ1) is 6.75. The molecule has 0 aliphatic heterocycles. The summed E-state index contributed by atoms with van der Waals surface area (Å²) in [4.78, 5) is 13.4. The van der Waals surface area contributed by atoms with E-state index < -0.39 is 5.97 Å². The van der Waals surface area contributed by atoms with Gasteiger partial charge in [-0.25, -0.2) is 4.79 Å². The summed E-state index contributed by atoms with van der Waals surface area (Å²) in [5.41, 5.74) is 1.94. The van der Waals surface area contributed by atoms with E-state index in [-0.39, 0.29) is 0 Å². The van der Waals surface area contributed by atoms with Crippen molar-refractivity contribution in [2.75, 3.05) is 0 Å². The number of aromatic amines is 1. The lowest BCUT2D eigenvalue weighted by atomic mass is 10.1. The Kier molecular flexibility index (Phi) is 2.07. The Morgan fingerprint density at radius 2 is 2.21 bits per heavy atom. The van der Waals surface area contributed by atoms with Crippen molar-refractivity contribution in [3.63, 3.8) is 0 Å². The van der Waals surface area contributed by atoms with Gasteiger partial charge in [0.15, 0.2) is 0 Å². The number of hydrogen-bond acceptors (Lipinski definition) is 1. The highest BCUT2D eigenvalue weighted by Crippen LogP contribution is 2.14. The summed E-state index contributed by atoms with van der Waals surface area (Å²) in [5.74, 6) is -0.931. The summed E-state index contributed by atoms with van der Waals surface area (Å²) in [7, 11) is 0. The number of nitrogens with one attached hydrogen (secondary N) is 1. The van der Waals surface area contributed by atoms with Crippen LogP contribution in [0.15, 0.2) is 36.5 Å². The Hall–Kier alpha value is -2.03. The van der Waals surface area contributed by atoms with Crippen LogP contribution in [0.4, 0.5) is 0 Å². The number of aromatic nitrogens is 1. The summed E-state index contributed by atoms with van der Waals surface area (Å²) in [6.45, 7) is 0. The van der Waals surface area contributed by atoms with E-state index in [4.69, 9.17) is 5.11 Å². The smallest absolute Gasteiger partial charge is 0.328 e. The van der Waals surface area contributed by atoms with E-state index in [9.17, 15) is 4.79 Å². The molecule has 1 heterocycles. The van der Waals surface area contributed by atoms with Crippen LogP contribution in [0.1, 0.15) is 5.56 Å². The van der Waals surface area contributed by atoms with E-state index in [0.29, 0.717) is 0 Å². The average molecular weight is 187 g/mol. The summed E-state index contributed by atoms with van der Waals surface area (Å²) in [6.07, 6.45) is 4.57. The maximum absolute atomic E-state index is 10.3. The average Bonchev–Trinajstić information content (AvgIpc) is 2.61. The molecule has 3 nitrogen and oxygen atoms in total. The minimum absolute atomic E-state index is 0.888. The van der Waals surface area contributed by atoms with Crippen LogP contribution in [0.3, 0.4) is 0 Å². The van der Waals surface area contributed by atoms with Gasteiger partial charge >= 0.3 is 5.97 Å². The van der Waals surface area contributed by atoms with Crippen LogP contribution in [0, 0.1) is 0 Å². The lowest BCUT2D eigenvalue weighted by molar-refractivity contribution is -0.131. The van der Waals surface area contributed by atoms with Crippen molar-refractivity contribution < 1.29 is 9.90 Å². The predicted molar refractivity (Wildman–Crippen MR) is 55.0 cm³/mol. The summed E-state index contributed by atoms with van der Waals surface area (Å²) >= 11 is 0. The molecule has 2 N–H and O–H groups in total. The molecule has 3 heteroatoms. The van der Waals surface area contributed by atoms with E-state index in [1.165, 1.54) is 0 Å².